The number of ether oxygens (including phenoxy) is 1. The van der Waals surface area contributed by atoms with Crippen molar-refractivity contribution >= 4 is 5.97 Å². The van der Waals surface area contributed by atoms with Crippen LogP contribution in [0, 0.1) is 39.4 Å². The molecule has 2 nitrogen and oxygen atoms in total. The molecule has 4 aliphatic rings. The minimum Gasteiger partial charge on any atom is -0.459 e. The quantitative estimate of drug-likeness (QED) is 0.112. The van der Waals surface area contributed by atoms with Crippen molar-refractivity contribution < 1.29 is 9.53 Å². The van der Waals surface area contributed by atoms with Gasteiger partial charge in [0.2, 0.25) is 0 Å². The van der Waals surface area contributed by atoms with Crippen molar-refractivity contribution in [3.63, 3.8) is 0 Å². The summed E-state index contributed by atoms with van der Waals surface area (Å²) >= 11 is 0. The Balaban J connectivity index is 1.49. The summed E-state index contributed by atoms with van der Waals surface area (Å²) in [7, 11) is 0. The number of carbonyl (C=O) groups is 1. The van der Waals surface area contributed by atoms with E-state index in [-0.39, 0.29) is 22.9 Å². The summed E-state index contributed by atoms with van der Waals surface area (Å²) in [6, 6.07) is 0. The molecule has 2 heteroatoms. The van der Waals surface area contributed by atoms with Crippen LogP contribution in [0.15, 0.2) is 59.3 Å². The molecule has 0 aromatic carbocycles. The highest BCUT2D eigenvalue weighted by Gasteiger charge is 2.63. The van der Waals surface area contributed by atoms with E-state index in [4.69, 9.17) is 4.74 Å². The highest BCUT2D eigenvalue weighted by atomic mass is 16.5. The summed E-state index contributed by atoms with van der Waals surface area (Å²) in [4.78, 5) is 12.8. The second-order valence-corrected chi connectivity index (χ2v) is 15.9. The minimum atomic E-state index is -0.203. The fraction of sp³-hybridized carbons (Fsp3) is 0.725. The van der Waals surface area contributed by atoms with Crippen LogP contribution in [0.4, 0.5) is 0 Å². The number of rotatable bonds is 10. The van der Waals surface area contributed by atoms with Crippen molar-refractivity contribution in [3.8, 4) is 0 Å². The van der Waals surface area contributed by atoms with Crippen LogP contribution in [0.25, 0.3) is 0 Å². The van der Waals surface area contributed by atoms with Gasteiger partial charge in [-0.3, -0.25) is 0 Å². The van der Waals surface area contributed by atoms with E-state index in [2.05, 4.69) is 74.5 Å². The maximum atomic E-state index is 12.8. The molecule has 42 heavy (non-hydrogen) atoms. The molecular formula is C40H62O2. The number of esters is 1. The van der Waals surface area contributed by atoms with Gasteiger partial charge in [-0.1, -0.05) is 108 Å². The van der Waals surface area contributed by atoms with Crippen molar-refractivity contribution in [1.82, 2.24) is 0 Å². The molecular weight excluding hydrogens is 512 g/mol. The van der Waals surface area contributed by atoms with Crippen LogP contribution in [0.2, 0.25) is 0 Å². The molecule has 0 amide bonds. The number of hydrogen-bond donors (Lipinski definition) is 0. The maximum Gasteiger partial charge on any atom is 0.331 e. The Kier molecular flexibility index (Phi) is 10.3. The van der Waals surface area contributed by atoms with Gasteiger partial charge in [-0.15, -0.1) is 0 Å². The maximum absolute atomic E-state index is 12.8. The molecule has 0 aliphatic heterocycles. The summed E-state index contributed by atoms with van der Waals surface area (Å²) in [5, 5.41) is 0. The first-order chi connectivity index (χ1) is 19.8. The summed E-state index contributed by atoms with van der Waals surface area (Å²) in [5.41, 5.74) is 6.05. The average molecular weight is 575 g/mol. The van der Waals surface area contributed by atoms with Crippen molar-refractivity contribution in [1.29, 1.82) is 0 Å². The summed E-state index contributed by atoms with van der Waals surface area (Å²) < 4.78 is 6.18. The molecule has 0 N–H and O–H groups in total. The van der Waals surface area contributed by atoms with Gasteiger partial charge in [0.25, 0.3) is 0 Å². The Morgan fingerprint density at radius 3 is 2.36 bits per heavy atom. The summed E-state index contributed by atoms with van der Waals surface area (Å²) in [6.07, 6.45) is 28.6. The lowest BCUT2D eigenvalue weighted by Gasteiger charge is -2.62. The molecule has 0 heterocycles. The molecule has 0 aromatic heterocycles. The molecule has 234 valence electrons. The van der Waals surface area contributed by atoms with Crippen LogP contribution >= 0.6 is 0 Å². The molecule has 0 spiro atoms. The molecule has 0 saturated heterocycles. The van der Waals surface area contributed by atoms with Gasteiger partial charge in [0.15, 0.2) is 0 Å². The molecule has 0 bridgehead atoms. The predicted octanol–water partition coefficient (Wildman–Crippen LogP) is 11.5. The van der Waals surface area contributed by atoms with Gasteiger partial charge in [-0.25, -0.2) is 4.79 Å². The van der Waals surface area contributed by atoms with Crippen LogP contribution in [0.1, 0.15) is 139 Å². The van der Waals surface area contributed by atoms with Gasteiger partial charge < -0.3 is 4.74 Å². The summed E-state index contributed by atoms with van der Waals surface area (Å²) in [5.74, 6) is 1.96. The van der Waals surface area contributed by atoms with Crippen LogP contribution in [-0.2, 0) is 9.53 Å². The van der Waals surface area contributed by atoms with Gasteiger partial charge >= 0.3 is 5.97 Å². The van der Waals surface area contributed by atoms with E-state index in [1.54, 1.807) is 6.08 Å². The smallest absolute Gasteiger partial charge is 0.331 e. The largest absolute Gasteiger partial charge is 0.459 e. The Hall–Kier alpha value is -1.83. The van der Waals surface area contributed by atoms with Crippen molar-refractivity contribution in [2.45, 2.75) is 145 Å². The van der Waals surface area contributed by atoms with E-state index in [0.29, 0.717) is 16.7 Å². The van der Waals surface area contributed by atoms with E-state index in [1.165, 1.54) is 56.9 Å². The molecule has 7 atom stereocenters. The van der Waals surface area contributed by atoms with E-state index in [9.17, 15) is 4.79 Å². The van der Waals surface area contributed by atoms with Crippen LogP contribution in [-0.4, -0.2) is 12.1 Å². The van der Waals surface area contributed by atoms with Crippen molar-refractivity contribution in [3.05, 3.63) is 59.3 Å². The molecule has 2 fully saturated rings. The number of allylic oxidation sites excluding steroid dienone is 9. The Labute approximate surface area is 259 Å². The molecule has 2 saturated carbocycles. The Bertz CT molecular complexity index is 1130. The Morgan fingerprint density at radius 2 is 1.64 bits per heavy atom. The second kappa shape index (κ2) is 13.0. The number of hydrogen-bond acceptors (Lipinski definition) is 2. The van der Waals surface area contributed by atoms with Crippen molar-refractivity contribution in [2.75, 3.05) is 0 Å². The van der Waals surface area contributed by atoms with E-state index < -0.39 is 0 Å². The molecule has 4 rings (SSSR count). The third-order valence-electron chi connectivity index (χ3n) is 13.0. The van der Waals surface area contributed by atoms with Crippen LogP contribution in [0.3, 0.4) is 0 Å². The average Bonchev–Trinajstić information content (AvgIpc) is 3.21. The number of carbonyl (C=O) groups excluding carboxylic acids is 1. The fourth-order valence-corrected chi connectivity index (χ4v) is 10.4. The number of unbranched alkanes of at least 4 members (excludes halogenated alkanes) is 1. The van der Waals surface area contributed by atoms with Crippen molar-refractivity contribution in [2.24, 2.45) is 39.4 Å². The molecule has 0 radical (unpaired) electrons. The summed E-state index contributed by atoms with van der Waals surface area (Å²) in [6.45, 7) is 21.9. The van der Waals surface area contributed by atoms with Crippen LogP contribution < -0.4 is 0 Å². The third kappa shape index (κ3) is 6.08. The normalized spacial score (nSPS) is 36.6. The lowest BCUT2D eigenvalue weighted by atomic mass is 9.43. The highest BCUT2D eigenvalue weighted by molar-refractivity contribution is 5.82. The zero-order chi connectivity index (χ0) is 30.8. The lowest BCUT2D eigenvalue weighted by molar-refractivity contribution is -0.164. The van der Waals surface area contributed by atoms with Gasteiger partial charge in [-0.2, -0.15) is 0 Å². The van der Waals surface area contributed by atoms with Gasteiger partial charge in [0.05, 0.1) is 0 Å². The standard InChI is InChI=1S/C40H62O2/c1-10-11-12-13-14-15-16-20-36(41)42-35-25-26-38(7)32-24-28-39(8)31(30(4)19-17-18-29(2)3)23-27-40(39,9)33(32)21-22-34(38)37(35,5)6/h12-16,18,20,30-31,34-35H,10-11,17,19,21-28H2,1-9H3. The first-order valence-corrected chi connectivity index (χ1v) is 17.4. The Morgan fingerprint density at radius 1 is 0.905 bits per heavy atom. The van der Waals surface area contributed by atoms with Gasteiger partial charge in [-0.05, 0) is 118 Å². The van der Waals surface area contributed by atoms with E-state index in [0.717, 1.165) is 37.5 Å². The predicted molar refractivity (Wildman–Crippen MR) is 179 cm³/mol. The minimum absolute atomic E-state index is 0.0229. The lowest BCUT2D eigenvalue weighted by Crippen LogP contribution is -2.55. The SMILES string of the molecule is CCCC=CC=CC=CC(=O)OC1CCC2(C)C3=C(CCC2C1(C)C)C1(C)CCC(C(C)CCC=C(C)C)C1(C)CC3. The zero-order valence-corrected chi connectivity index (χ0v) is 28.7. The second-order valence-electron chi connectivity index (χ2n) is 15.9. The molecule has 0 aromatic rings. The van der Waals surface area contributed by atoms with Crippen LogP contribution in [0.5, 0.6) is 0 Å². The number of fused-ring (bicyclic) bond motifs is 4. The highest BCUT2D eigenvalue weighted by Crippen LogP contribution is 2.72. The zero-order valence-electron chi connectivity index (χ0n) is 28.7. The first-order valence-electron chi connectivity index (χ1n) is 17.4. The topological polar surface area (TPSA) is 26.3 Å². The first kappa shape index (κ1) is 33.1. The van der Waals surface area contributed by atoms with Gasteiger partial charge in [0.1, 0.15) is 6.10 Å². The van der Waals surface area contributed by atoms with Gasteiger partial charge in [0, 0.05) is 11.5 Å². The van der Waals surface area contributed by atoms with E-state index >= 15 is 0 Å². The molecule has 4 aliphatic carbocycles. The third-order valence-corrected chi connectivity index (χ3v) is 13.0. The molecule has 7 unspecified atom stereocenters. The fourth-order valence-electron chi connectivity index (χ4n) is 10.4. The van der Waals surface area contributed by atoms with E-state index in [1.807, 2.05) is 35.5 Å². The monoisotopic (exact) mass is 574 g/mol.